The second-order valence-corrected chi connectivity index (χ2v) is 7.43. The zero-order valence-corrected chi connectivity index (χ0v) is 12.2. The molecule has 0 spiro atoms. The molecule has 0 radical (unpaired) electrons. The third-order valence-corrected chi connectivity index (χ3v) is 5.43. The second-order valence-electron chi connectivity index (χ2n) is 5.77. The van der Waals surface area contributed by atoms with Gasteiger partial charge in [-0.05, 0) is 58.5 Å². The summed E-state index contributed by atoms with van der Waals surface area (Å²) in [5.74, 6) is 0.442. The highest BCUT2D eigenvalue weighted by atomic mass is 32.2. The first-order valence-electron chi connectivity index (χ1n) is 6.99. The van der Waals surface area contributed by atoms with E-state index in [2.05, 4.69) is 10.0 Å². The first kappa shape index (κ1) is 14.2. The zero-order valence-electron chi connectivity index (χ0n) is 11.4. The zero-order chi connectivity index (χ0) is 13.2. The summed E-state index contributed by atoms with van der Waals surface area (Å²) < 4.78 is 29.0. The van der Waals surface area contributed by atoms with E-state index in [-0.39, 0.29) is 12.1 Å². The van der Waals surface area contributed by atoms with Gasteiger partial charge in [-0.15, -0.1) is 0 Å². The first-order valence-corrected chi connectivity index (χ1v) is 8.43. The number of rotatable bonds is 6. The average Bonchev–Trinajstić information content (AvgIpc) is 3.10. The van der Waals surface area contributed by atoms with Gasteiger partial charge in [0.25, 0.3) is 10.2 Å². The van der Waals surface area contributed by atoms with E-state index in [0.29, 0.717) is 12.5 Å². The molecule has 106 valence electrons. The van der Waals surface area contributed by atoms with Crippen molar-refractivity contribution in [3.05, 3.63) is 0 Å². The van der Waals surface area contributed by atoms with Crippen molar-refractivity contribution in [2.75, 3.05) is 19.6 Å². The largest absolute Gasteiger partial charge is 0.316 e. The quantitative estimate of drug-likeness (QED) is 0.750. The molecule has 1 saturated heterocycles. The van der Waals surface area contributed by atoms with Crippen LogP contribution in [0.3, 0.4) is 0 Å². The Balaban J connectivity index is 1.97. The van der Waals surface area contributed by atoms with Crippen molar-refractivity contribution in [1.82, 2.24) is 14.3 Å². The molecule has 2 N–H and O–H groups in total. The van der Waals surface area contributed by atoms with Gasteiger partial charge in [-0.3, -0.25) is 0 Å². The van der Waals surface area contributed by atoms with Gasteiger partial charge in [-0.25, -0.2) is 0 Å². The summed E-state index contributed by atoms with van der Waals surface area (Å²) in [5.41, 5.74) is 0. The lowest BCUT2D eigenvalue weighted by atomic mass is 9.99. The van der Waals surface area contributed by atoms with Crippen molar-refractivity contribution < 1.29 is 8.42 Å². The van der Waals surface area contributed by atoms with Gasteiger partial charge < -0.3 is 5.32 Å². The van der Waals surface area contributed by atoms with E-state index in [1.165, 1.54) is 0 Å². The standard InChI is InChI=1S/C12H25N3O2S/c1-10(2)15(9-11-4-3-7-13-8-11)18(16,17)14-12-5-6-12/h10-14H,3-9H2,1-2H3. The van der Waals surface area contributed by atoms with E-state index in [4.69, 9.17) is 0 Å². The summed E-state index contributed by atoms with van der Waals surface area (Å²) in [6.07, 6.45) is 4.23. The van der Waals surface area contributed by atoms with Crippen LogP contribution in [-0.4, -0.2) is 44.4 Å². The van der Waals surface area contributed by atoms with E-state index < -0.39 is 10.2 Å². The lowest BCUT2D eigenvalue weighted by molar-refractivity contribution is 0.261. The fourth-order valence-corrected chi connectivity index (χ4v) is 4.15. The monoisotopic (exact) mass is 275 g/mol. The number of piperidine rings is 1. The molecule has 1 atom stereocenters. The molecule has 0 bridgehead atoms. The van der Waals surface area contributed by atoms with Crippen molar-refractivity contribution in [1.29, 1.82) is 0 Å². The molecule has 2 aliphatic rings. The summed E-state index contributed by atoms with van der Waals surface area (Å²) in [7, 11) is -3.30. The molecule has 0 aromatic rings. The molecule has 2 rings (SSSR count). The van der Waals surface area contributed by atoms with Crippen molar-refractivity contribution in [2.45, 2.75) is 51.6 Å². The summed E-state index contributed by atoms with van der Waals surface area (Å²) in [4.78, 5) is 0. The van der Waals surface area contributed by atoms with E-state index in [9.17, 15) is 8.42 Å². The number of hydrogen-bond donors (Lipinski definition) is 2. The molecule has 18 heavy (non-hydrogen) atoms. The van der Waals surface area contributed by atoms with Crippen LogP contribution in [0, 0.1) is 5.92 Å². The topological polar surface area (TPSA) is 61.4 Å². The predicted octanol–water partition coefficient (Wildman–Crippen LogP) is 0.693. The van der Waals surface area contributed by atoms with Crippen molar-refractivity contribution in [2.24, 2.45) is 5.92 Å². The van der Waals surface area contributed by atoms with Crippen molar-refractivity contribution in [3.8, 4) is 0 Å². The van der Waals surface area contributed by atoms with Crippen LogP contribution in [0.5, 0.6) is 0 Å². The summed E-state index contributed by atoms with van der Waals surface area (Å²) in [6.45, 7) is 6.52. The second kappa shape index (κ2) is 5.86. The van der Waals surface area contributed by atoms with Crippen LogP contribution in [0.15, 0.2) is 0 Å². The van der Waals surface area contributed by atoms with Crippen molar-refractivity contribution >= 4 is 10.2 Å². The maximum Gasteiger partial charge on any atom is 0.279 e. The molecule has 2 fully saturated rings. The van der Waals surface area contributed by atoms with Crippen LogP contribution in [0.1, 0.15) is 39.5 Å². The van der Waals surface area contributed by atoms with Crippen LogP contribution in [0.4, 0.5) is 0 Å². The van der Waals surface area contributed by atoms with Gasteiger partial charge in [0.2, 0.25) is 0 Å². The Labute approximate surface area is 110 Å². The molecule has 0 amide bonds. The van der Waals surface area contributed by atoms with Gasteiger partial charge in [0, 0.05) is 18.6 Å². The van der Waals surface area contributed by atoms with E-state index in [1.54, 1.807) is 4.31 Å². The smallest absolute Gasteiger partial charge is 0.279 e. The normalized spacial score (nSPS) is 25.9. The number of hydrogen-bond acceptors (Lipinski definition) is 3. The van der Waals surface area contributed by atoms with Crippen LogP contribution in [0.2, 0.25) is 0 Å². The minimum absolute atomic E-state index is 0.0168. The lowest BCUT2D eigenvalue weighted by Gasteiger charge is -2.32. The molecular formula is C12H25N3O2S. The molecule has 1 heterocycles. The number of nitrogens with one attached hydrogen (secondary N) is 2. The van der Waals surface area contributed by atoms with Gasteiger partial charge in [-0.2, -0.15) is 17.4 Å². The highest BCUT2D eigenvalue weighted by molar-refractivity contribution is 7.87. The lowest BCUT2D eigenvalue weighted by Crippen LogP contribution is -2.49. The molecule has 0 aromatic carbocycles. The Hall–Kier alpha value is -0.170. The van der Waals surface area contributed by atoms with Gasteiger partial charge in [-0.1, -0.05) is 0 Å². The molecule has 1 aliphatic heterocycles. The van der Waals surface area contributed by atoms with E-state index >= 15 is 0 Å². The molecule has 6 heteroatoms. The highest BCUT2D eigenvalue weighted by Gasteiger charge is 2.33. The Bertz CT molecular complexity index is 360. The van der Waals surface area contributed by atoms with E-state index in [0.717, 1.165) is 38.8 Å². The minimum Gasteiger partial charge on any atom is -0.316 e. The first-order chi connectivity index (χ1) is 8.49. The minimum atomic E-state index is -3.30. The molecule has 1 aliphatic carbocycles. The predicted molar refractivity (Wildman–Crippen MR) is 72.5 cm³/mol. The molecule has 1 unspecified atom stereocenters. The fourth-order valence-electron chi connectivity index (χ4n) is 2.40. The van der Waals surface area contributed by atoms with Gasteiger partial charge in [0.1, 0.15) is 0 Å². The Kier molecular flexibility index (Phi) is 4.64. The van der Waals surface area contributed by atoms with Crippen LogP contribution in [0.25, 0.3) is 0 Å². The molecule has 0 aromatic heterocycles. The Morgan fingerprint density at radius 1 is 1.33 bits per heavy atom. The SMILES string of the molecule is CC(C)N(CC1CCCNC1)S(=O)(=O)NC1CC1. The molecular weight excluding hydrogens is 250 g/mol. The van der Waals surface area contributed by atoms with Crippen LogP contribution in [-0.2, 0) is 10.2 Å². The van der Waals surface area contributed by atoms with Crippen molar-refractivity contribution in [3.63, 3.8) is 0 Å². The Morgan fingerprint density at radius 2 is 2.06 bits per heavy atom. The van der Waals surface area contributed by atoms with Gasteiger partial charge in [0.05, 0.1) is 0 Å². The summed E-state index contributed by atoms with van der Waals surface area (Å²) >= 11 is 0. The molecule has 5 nitrogen and oxygen atoms in total. The van der Waals surface area contributed by atoms with Crippen LogP contribution < -0.4 is 10.0 Å². The Morgan fingerprint density at radius 3 is 2.56 bits per heavy atom. The number of nitrogens with zero attached hydrogens (tertiary/aromatic N) is 1. The van der Waals surface area contributed by atoms with E-state index in [1.807, 2.05) is 13.8 Å². The fraction of sp³-hybridized carbons (Fsp3) is 1.00. The average molecular weight is 275 g/mol. The summed E-state index contributed by atoms with van der Waals surface area (Å²) in [5, 5.41) is 3.34. The summed E-state index contributed by atoms with van der Waals surface area (Å²) in [6, 6.07) is 0.198. The maximum absolute atomic E-state index is 12.3. The van der Waals surface area contributed by atoms with Gasteiger partial charge in [0.15, 0.2) is 0 Å². The third-order valence-electron chi connectivity index (χ3n) is 3.61. The third kappa shape index (κ3) is 3.91. The molecule has 1 saturated carbocycles. The highest BCUT2D eigenvalue weighted by Crippen LogP contribution is 2.22. The van der Waals surface area contributed by atoms with Crippen LogP contribution >= 0.6 is 0 Å². The maximum atomic E-state index is 12.3. The van der Waals surface area contributed by atoms with Gasteiger partial charge >= 0.3 is 0 Å².